The van der Waals surface area contributed by atoms with Crippen LogP contribution in [-0.2, 0) is 14.6 Å². The smallest absolute Gasteiger partial charge is 0.235 e. The van der Waals surface area contributed by atoms with Crippen LogP contribution in [0.25, 0.3) is 0 Å². The first kappa shape index (κ1) is 22.7. The van der Waals surface area contributed by atoms with E-state index >= 15 is 0 Å². The van der Waals surface area contributed by atoms with Gasteiger partial charge in [0.2, 0.25) is 5.91 Å². The number of piperazine rings is 1. The van der Waals surface area contributed by atoms with Gasteiger partial charge < -0.3 is 10.2 Å². The van der Waals surface area contributed by atoms with Crippen molar-refractivity contribution in [1.29, 1.82) is 0 Å². The van der Waals surface area contributed by atoms with Crippen LogP contribution in [0.3, 0.4) is 0 Å². The summed E-state index contributed by atoms with van der Waals surface area (Å²) in [5.74, 6) is -0.630. The molecule has 0 bridgehead atoms. The summed E-state index contributed by atoms with van der Waals surface area (Å²) in [6.45, 7) is 7.78. The second-order valence-corrected chi connectivity index (χ2v) is 9.70. The molecule has 0 saturated carbocycles. The summed E-state index contributed by atoms with van der Waals surface area (Å²) in [6, 6.07) is 10.5. The lowest BCUT2D eigenvalue weighted by Gasteiger charge is -2.36. The zero-order chi connectivity index (χ0) is 20.2. The van der Waals surface area contributed by atoms with E-state index in [4.69, 9.17) is 0 Å². The Morgan fingerprint density at radius 3 is 2.39 bits per heavy atom. The standard InChI is InChI=1S/C21H35N3O3S/c1-2-3-9-18-28(26,27)19-21(25)22-12-7-8-13-23-14-16-24(17-15-23)20-10-5-4-6-11-20/h4-6,10-11H,2-3,7-9,12-19H2,1H3,(H,22,25). The molecule has 0 aromatic heterocycles. The van der Waals surface area contributed by atoms with E-state index in [0.29, 0.717) is 13.0 Å². The van der Waals surface area contributed by atoms with Gasteiger partial charge in [-0.25, -0.2) is 8.42 Å². The van der Waals surface area contributed by atoms with Gasteiger partial charge in [-0.15, -0.1) is 0 Å². The molecule has 1 aromatic carbocycles. The fraction of sp³-hybridized carbons (Fsp3) is 0.667. The number of nitrogens with zero attached hydrogens (tertiary/aromatic N) is 2. The van der Waals surface area contributed by atoms with E-state index in [1.54, 1.807) is 0 Å². The third kappa shape index (κ3) is 8.61. The molecule has 158 valence electrons. The van der Waals surface area contributed by atoms with Crippen LogP contribution in [0.2, 0.25) is 0 Å². The number of anilines is 1. The summed E-state index contributed by atoms with van der Waals surface area (Å²) >= 11 is 0. The van der Waals surface area contributed by atoms with Gasteiger partial charge in [0, 0.05) is 38.4 Å². The van der Waals surface area contributed by atoms with Crippen LogP contribution in [-0.4, -0.2) is 70.0 Å². The lowest BCUT2D eigenvalue weighted by Crippen LogP contribution is -2.46. The molecular formula is C21H35N3O3S. The predicted molar refractivity (Wildman–Crippen MR) is 116 cm³/mol. The Hall–Kier alpha value is -1.60. The van der Waals surface area contributed by atoms with Crippen molar-refractivity contribution in [3.8, 4) is 0 Å². The number of amides is 1. The molecule has 1 amide bonds. The highest BCUT2D eigenvalue weighted by Crippen LogP contribution is 2.15. The Kier molecular flexibility index (Phi) is 9.78. The first-order valence-electron chi connectivity index (χ1n) is 10.5. The number of carbonyl (C=O) groups is 1. The van der Waals surface area contributed by atoms with Crippen LogP contribution in [0.5, 0.6) is 0 Å². The molecule has 0 unspecified atom stereocenters. The van der Waals surface area contributed by atoms with E-state index in [1.807, 2.05) is 13.0 Å². The molecule has 1 aliphatic heterocycles. The third-order valence-electron chi connectivity index (χ3n) is 5.13. The minimum Gasteiger partial charge on any atom is -0.369 e. The summed E-state index contributed by atoms with van der Waals surface area (Å²) in [4.78, 5) is 16.7. The van der Waals surface area contributed by atoms with Gasteiger partial charge in [-0.05, 0) is 37.9 Å². The number of sulfone groups is 1. The second kappa shape index (κ2) is 12.1. The van der Waals surface area contributed by atoms with Crippen LogP contribution in [0, 0.1) is 0 Å². The van der Waals surface area contributed by atoms with Crippen molar-refractivity contribution in [3.05, 3.63) is 30.3 Å². The minimum absolute atomic E-state index is 0.114. The number of rotatable bonds is 12. The van der Waals surface area contributed by atoms with Gasteiger partial charge in [0.05, 0.1) is 5.75 Å². The maximum absolute atomic E-state index is 11.9. The SMILES string of the molecule is CCCCCS(=O)(=O)CC(=O)NCCCCN1CCN(c2ccccc2)CC1. The number of unbranched alkanes of at least 4 members (excludes halogenated alkanes) is 3. The van der Waals surface area contributed by atoms with Gasteiger partial charge in [0.15, 0.2) is 9.84 Å². The predicted octanol–water partition coefficient (Wildman–Crippen LogP) is 2.31. The number of hydrogen-bond donors (Lipinski definition) is 1. The summed E-state index contributed by atoms with van der Waals surface area (Å²) in [5, 5.41) is 2.75. The molecule has 0 aliphatic carbocycles. The van der Waals surface area contributed by atoms with Crippen molar-refractivity contribution >= 4 is 21.4 Å². The molecule has 6 nitrogen and oxygen atoms in total. The van der Waals surface area contributed by atoms with Gasteiger partial charge >= 0.3 is 0 Å². The van der Waals surface area contributed by atoms with Crippen molar-refractivity contribution in [2.75, 3.05) is 55.7 Å². The second-order valence-electron chi connectivity index (χ2n) is 7.52. The Morgan fingerprint density at radius 2 is 1.71 bits per heavy atom. The van der Waals surface area contributed by atoms with Gasteiger partial charge in [-0.3, -0.25) is 9.69 Å². The van der Waals surface area contributed by atoms with Crippen molar-refractivity contribution < 1.29 is 13.2 Å². The van der Waals surface area contributed by atoms with Crippen molar-refractivity contribution in [2.24, 2.45) is 0 Å². The lowest BCUT2D eigenvalue weighted by molar-refractivity contribution is -0.118. The molecule has 28 heavy (non-hydrogen) atoms. The summed E-state index contributed by atoms with van der Waals surface area (Å²) in [6.07, 6.45) is 4.39. The molecule has 1 aromatic rings. The zero-order valence-electron chi connectivity index (χ0n) is 17.1. The largest absolute Gasteiger partial charge is 0.369 e. The summed E-state index contributed by atoms with van der Waals surface area (Å²) in [7, 11) is -3.27. The highest BCUT2D eigenvalue weighted by molar-refractivity contribution is 7.92. The normalized spacial score (nSPS) is 15.5. The molecule has 2 rings (SSSR count). The lowest BCUT2D eigenvalue weighted by atomic mass is 10.2. The maximum Gasteiger partial charge on any atom is 0.235 e. The molecule has 1 saturated heterocycles. The number of para-hydroxylation sites is 1. The van der Waals surface area contributed by atoms with E-state index in [1.165, 1.54) is 5.69 Å². The van der Waals surface area contributed by atoms with Crippen LogP contribution in [0.15, 0.2) is 30.3 Å². The Bertz CT molecular complexity index is 671. The zero-order valence-corrected chi connectivity index (χ0v) is 17.9. The average Bonchev–Trinajstić information content (AvgIpc) is 2.68. The van der Waals surface area contributed by atoms with Crippen LogP contribution >= 0.6 is 0 Å². The number of benzene rings is 1. The molecule has 0 atom stereocenters. The third-order valence-corrected chi connectivity index (χ3v) is 6.74. The highest BCUT2D eigenvalue weighted by atomic mass is 32.2. The first-order chi connectivity index (χ1) is 13.5. The van der Waals surface area contributed by atoms with E-state index in [-0.39, 0.29) is 17.4 Å². The number of hydrogen-bond acceptors (Lipinski definition) is 5. The van der Waals surface area contributed by atoms with Crippen molar-refractivity contribution in [2.45, 2.75) is 39.0 Å². The summed E-state index contributed by atoms with van der Waals surface area (Å²) < 4.78 is 23.7. The fourth-order valence-electron chi connectivity index (χ4n) is 3.45. The van der Waals surface area contributed by atoms with Crippen LogP contribution < -0.4 is 10.2 Å². The molecule has 1 N–H and O–H groups in total. The maximum atomic E-state index is 11.9. The fourth-order valence-corrected chi connectivity index (χ4v) is 4.74. The van der Waals surface area contributed by atoms with E-state index in [9.17, 15) is 13.2 Å². The van der Waals surface area contributed by atoms with E-state index in [0.717, 1.165) is 58.4 Å². The molecule has 0 spiro atoms. The van der Waals surface area contributed by atoms with E-state index in [2.05, 4.69) is 39.4 Å². The highest BCUT2D eigenvalue weighted by Gasteiger charge is 2.17. The topological polar surface area (TPSA) is 69.7 Å². The van der Waals surface area contributed by atoms with Gasteiger partial charge in [-0.1, -0.05) is 38.0 Å². The molecule has 1 aliphatic rings. The Morgan fingerprint density at radius 1 is 1.00 bits per heavy atom. The average molecular weight is 410 g/mol. The van der Waals surface area contributed by atoms with Crippen LogP contribution in [0.4, 0.5) is 5.69 Å². The molecule has 0 radical (unpaired) electrons. The Labute approximate surface area is 170 Å². The molecule has 7 heteroatoms. The minimum atomic E-state index is -3.27. The number of nitrogens with one attached hydrogen (secondary N) is 1. The molecule has 1 heterocycles. The molecular weight excluding hydrogens is 374 g/mol. The van der Waals surface area contributed by atoms with Crippen molar-refractivity contribution in [3.63, 3.8) is 0 Å². The first-order valence-corrected chi connectivity index (χ1v) is 12.3. The molecule has 1 fully saturated rings. The van der Waals surface area contributed by atoms with Gasteiger partial charge in [0.25, 0.3) is 0 Å². The quantitative estimate of drug-likeness (QED) is 0.537. The van der Waals surface area contributed by atoms with Crippen LogP contribution in [0.1, 0.15) is 39.0 Å². The monoisotopic (exact) mass is 409 g/mol. The van der Waals surface area contributed by atoms with Gasteiger partial charge in [-0.2, -0.15) is 0 Å². The summed E-state index contributed by atoms with van der Waals surface area (Å²) in [5.41, 5.74) is 1.29. The van der Waals surface area contributed by atoms with Gasteiger partial charge in [0.1, 0.15) is 5.75 Å². The van der Waals surface area contributed by atoms with E-state index < -0.39 is 9.84 Å². The Balaban J connectivity index is 1.53. The van der Waals surface area contributed by atoms with Crippen molar-refractivity contribution in [1.82, 2.24) is 10.2 Å². The number of carbonyl (C=O) groups excluding carboxylic acids is 1.